The van der Waals surface area contributed by atoms with Crippen LogP contribution < -0.4 is 5.32 Å². The summed E-state index contributed by atoms with van der Waals surface area (Å²) in [5, 5.41) is 3.50. The van der Waals surface area contributed by atoms with Gasteiger partial charge in [-0.1, -0.05) is 13.8 Å². The molecule has 0 aromatic carbocycles. The van der Waals surface area contributed by atoms with E-state index in [4.69, 9.17) is 14.2 Å². The summed E-state index contributed by atoms with van der Waals surface area (Å²) in [6.07, 6.45) is 0. The summed E-state index contributed by atoms with van der Waals surface area (Å²) in [5.41, 5.74) is 0. The SMILES string of the molecule is COCCOCC(C)NC(COC)C(C)C. The quantitative estimate of drug-likeness (QED) is 0.577. The van der Waals surface area contributed by atoms with E-state index in [9.17, 15) is 0 Å². The molecule has 0 aliphatic heterocycles. The van der Waals surface area contributed by atoms with Crippen LogP contribution in [0.15, 0.2) is 0 Å². The normalized spacial score (nSPS) is 15.4. The standard InChI is InChI=1S/C12H27NO3/c1-10(2)12(9-15-5)13-11(3)8-16-7-6-14-4/h10-13H,6-9H2,1-5H3. The average molecular weight is 233 g/mol. The van der Waals surface area contributed by atoms with E-state index in [2.05, 4.69) is 26.1 Å². The second-order valence-electron chi connectivity index (χ2n) is 4.44. The highest BCUT2D eigenvalue weighted by Gasteiger charge is 2.15. The summed E-state index contributed by atoms with van der Waals surface area (Å²) in [7, 11) is 3.41. The molecular formula is C12H27NO3. The summed E-state index contributed by atoms with van der Waals surface area (Å²) in [6, 6.07) is 0.713. The Hall–Kier alpha value is -0.160. The maximum atomic E-state index is 5.47. The molecule has 0 fully saturated rings. The molecule has 98 valence electrons. The Kier molecular flexibility index (Phi) is 9.92. The van der Waals surface area contributed by atoms with Gasteiger partial charge in [0.25, 0.3) is 0 Å². The van der Waals surface area contributed by atoms with Gasteiger partial charge < -0.3 is 19.5 Å². The van der Waals surface area contributed by atoms with Crippen molar-refractivity contribution >= 4 is 0 Å². The third kappa shape index (κ3) is 8.05. The molecule has 0 rings (SSSR count). The Labute approximate surface area is 99.6 Å². The first-order chi connectivity index (χ1) is 7.61. The van der Waals surface area contributed by atoms with Crippen LogP contribution in [0.5, 0.6) is 0 Å². The van der Waals surface area contributed by atoms with E-state index in [-0.39, 0.29) is 0 Å². The van der Waals surface area contributed by atoms with Crippen molar-refractivity contribution in [2.24, 2.45) is 5.92 Å². The summed E-state index contributed by atoms with van der Waals surface area (Å²) in [4.78, 5) is 0. The van der Waals surface area contributed by atoms with Gasteiger partial charge in [-0.3, -0.25) is 0 Å². The molecular weight excluding hydrogens is 206 g/mol. The number of methoxy groups -OCH3 is 2. The van der Waals surface area contributed by atoms with Crippen LogP contribution in [-0.2, 0) is 14.2 Å². The Morgan fingerprint density at radius 2 is 1.62 bits per heavy atom. The highest BCUT2D eigenvalue weighted by Crippen LogP contribution is 2.03. The van der Waals surface area contributed by atoms with Gasteiger partial charge in [0.1, 0.15) is 0 Å². The summed E-state index contributed by atoms with van der Waals surface area (Å²) in [5.74, 6) is 0.557. The van der Waals surface area contributed by atoms with Gasteiger partial charge in [0.05, 0.1) is 26.4 Å². The van der Waals surface area contributed by atoms with Gasteiger partial charge >= 0.3 is 0 Å². The first kappa shape index (κ1) is 15.8. The van der Waals surface area contributed by atoms with Crippen LogP contribution in [0.4, 0.5) is 0 Å². The number of hydrogen-bond acceptors (Lipinski definition) is 4. The zero-order valence-electron chi connectivity index (χ0n) is 11.3. The van der Waals surface area contributed by atoms with E-state index < -0.39 is 0 Å². The lowest BCUT2D eigenvalue weighted by Gasteiger charge is -2.25. The molecule has 2 unspecified atom stereocenters. The first-order valence-electron chi connectivity index (χ1n) is 5.93. The Morgan fingerprint density at radius 3 is 2.12 bits per heavy atom. The monoisotopic (exact) mass is 233 g/mol. The second kappa shape index (κ2) is 10.0. The van der Waals surface area contributed by atoms with E-state index in [0.29, 0.717) is 37.8 Å². The molecule has 0 saturated heterocycles. The molecule has 2 atom stereocenters. The Balaban J connectivity index is 3.68. The molecule has 4 heteroatoms. The predicted octanol–water partition coefficient (Wildman–Crippen LogP) is 1.30. The van der Waals surface area contributed by atoms with Crippen LogP contribution in [0.3, 0.4) is 0 Å². The van der Waals surface area contributed by atoms with E-state index in [1.807, 2.05) is 0 Å². The van der Waals surface area contributed by atoms with Crippen LogP contribution >= 0.6 is 0 Å². The third-order valence-electron chi connectivity index (χ3n) is 2.45. The van der Waals surface area contributed by atoms with E-state index in [1.165, 1.54) is 0 Å². The molecule has 0 radical (unpaired) electrons. The van der Waals surface area contributed by atoms with Gasteiger partial charge in [0.15, 0.2) is 0 Å². The van der Waals surface area contributed by atoms with Crippen LogP contribution in [0.25, 0.3) is 0 Å². The number of rotatable bonds is 10. The van der Waals surface area contributed by atoms with Crippen molar-refractivity contribution in [3.63, 3.8) is 0 Å². The lowest BCUT2D eigenvalue weighted by atomic mass is 10.0. The zero-order valence-corrected chi connectivity index (χ0v) is 11.3. The maximum absolute atomic E-state index is 5.47. The lowest BCUT2D eigenvalue weighted by molar-refractivity contribution is 0.0542. The Bertz CT molecular complexity index is 153. The summed E-state index contributed by atoms with van der Waals surface area (Å²) in [6.45, 7) is 9.25. The van der Waals surface area contributed by atoms with Gasteiger partial charge in [-0.05, 0) is 12.8 Å². The van der Waals surface area contributed by atoms with Crippen molar-refractivity contribution in [2.45, 2.75) is 32.9 Å². The largest absolute Gasteiger partial charge is 0.383 e. The third-order valence-corrected chi connectivity index (χ3v) is 2.45. The van der Waals surface area contributed by atoms with Crippen LogP contribution in [0.2, 0.25) is 0 Å². The fourth-order valence-electron chi connectivity index (χ4n) is 1.43. The van der Waals surface area contributed by atoms with Gasteiger partial charge in [-0.15, -0.1) is 0 Å². The molecule has 0 amide bonds. The van der Waals surface area contributed by atoms with Crippen LogP contribution in [0, 0.1) is 5.92 Å². The maximum Gasteiger partial charge on any atom is 0.0701 e. The lowest BCUT2D eigenvalue weighted by Crippen LogP contribution is -2.44. The summed E-state index contributed by atoms with van der Waals surface area (Å²) >= 11 is 0. The van der Waals surface area contributed by atoms with Crippen molar-refractivity contribution < 1.29 is 14.2 Å². The first-order valence-corrected chi connectivity index (χ1v) is 5.93. The minimum atomic E-state index is 0.333. The fourth-order valence-corrected chi connectivity index (χ4v) is 1.43. The van der Waals surface area contributed by atoms with Crippen molar-refractivity contribution in [2.75, 3.05) is 40.6 Å². The molecule has 0 heterocycles. The molecule has 1 N–H and O–H groups in total. The van der Waals surface area contributed by atoms with Crippen molar-refractivity contribution in [1.82, 2.24) is 5.32 Å². The number of ether oxygens (including phenoxy) is 3. The van der Waals surface area contributed by atoms with Gasteiger partial charge in [0.2, 0.25) is 0 Å². The summed E-state index contributed by atoms with van der Waals surface area (Å²) < 4.78 is 15.6. The molecule has 0 spiro atoms. The zero-order chi connectivity index (χ0) is 12.4. The predicted molar refractivity (Wildman–Crippen MR) is 65.8 cm³/mol. The van der Waals surface area contributed by atoms with E-state index in [0.717, 1.165) is 6.61 Å². The molecule has 0 aliphatic rings. The van der Waals surface area contributed by atoms with Crippen molar-refractivity contribution in [1.29, 1.82) is 0 Å². The molecule has 0 saturated carbocycles. The Morgan fingerprint density at radius 1 is 0.938 bits per heavy atom. The smallest absolute Gasteiger partial charge is 0.0701 e. The molecule has 4 nitrogen and oxygen atoms in total. The molecule has 16 heavy (non-hydrogen) atoms. The van der Waals surface area contributed by atoms with Crippen molar-refractivity contribution in [3.05, 3.63) is 0 Å². The topological polar surface area (TPSA) is 39.7 Å². The molecule has 0 aromatic heterocycles. The minimum Gasteiger partial charge on any atom is -0.383 e. The highest BCUT2D eigenvalue weighted by molar-refractivity contribution is 4.73. The van der Waals surface area contributed by atoms with E-state index in [1.54, 1.807) is 14.2 Å². The molecule has 0 aliphatic carbocycles. The highest BCUT2D eigenvalue weighted by atomic mass is 16.5. The average Bonchev–Trinajstić information content (AvgIpc) is 2.23. The van der Waals surface area contributed by atoms with Crippen LogP contribution in [0.1, 0.15) is 20.8 Å². The number of nitrogens with one attached hydrogen (secondary N) is 1. The van der Waals surface area contributed by atoms with Gasteiger partial charge in [-0.25, -0.2) is 0 Å². The van der Waals surface area contributed by atoms with Crippen molar-refractivity contribution in [3.8, 4) is 0 Å². The second-order valence-corrected chi connectivity index (χ2v) is 4.44. The fraction of sp³-hybridized carbons (Fsp3) is 1.00. The minimum absolute atomic E-state index is 0.333. The van der Waals surface area contributed by atoms with Gasteiger partial charge in [0, 0.05) is 26.3 Å². The molecule has 0 aromatic rings. The van der Waals surface area contributed by atoms with Gasteiger partial charge in [-0.2, -0.15) is 0 Å². The molecule has 0 bridgehead atoms. The van der Waals surface area contributed by atoms with Crippen LogP contribution in [-0.4, -0.2) is 52.7 Å². The number of hydrogen-bond donors (Lipinski definition) is 1. The van der Waals surface area contributed by atoms with E-state index >= 15 is 0 Å².